The van der Waals surface area contributed by atoms with E-state index in [4.69, 9.17) is 15.7 Å². The number of oxime groups is 1. The molecule has 0 heterocycles. The second kappa shape index (κ2) is 6.75. The number of nitrogens with one attached hydrogen (secondary N) is 1. The SMILES string of the molecule is COCCC1(CNC(=O)C(C(N)=NO)C(C)C)CC1. The lowest BCUT2D eigenvalue weighted by Crippen LogP contribution is -2.43. The van der Waals surface area contributed by atoms with Gasteiger partial charge in [0.15, 0.2) is 5.84 Å². The molecule has 1 amide bonds. The zero-order valence-electron chi connectivity index (χ0n) is 12.0. The van der Waals surface area contributed by atoms with Crippen molar-refractivity contribution < 1.29 is 14.7 Å². The van der Waals surface area contributed by atoms with E-state index in [1.165, 1.54) is 0 Å². The second-order valence-corrected chi connectivity index (χ2v) is 5.71. The Kier molecular flexibility index (Phi) is 5.60. The van der Waals surface area contributed by atoms with Crippen LogP contribution >= 0.6 is 0 Å². The van der Waals surface area contributed by atoms with Crippen LogP contribution in [0.15, 0.2) is 5.16 Å². The van der Waals surface area contributed by atoms with Gasteiger partial charge < -0.3 is 21.0 Å². The van der Waals surface area contributed by atoms with Gasteiger partial charge in [0.05, 0.1) is 0 Å². The molecule has 0 aromatic carbocycles. The lowest BCUT2D eigenvalue weighted by atomic mass is 9.93. The first kappa shape index (κ1) is 15.8. The molecule has 1 atom stereocenters. The summed E-state index contributed by atoms with van der Waals surface area (Å²) in [5.74, 6) is -0.795. The zero-order chi connectivity index (χ0) is 14.5. The molecule has 1 aliphatic rings. The van der Waals surface area contributed by atoms with Gasteiger partial charge >= 0.3 is 0 Å². The molecule has 0 saturated heterocycles. The summed E-state index contributed by atoms with van der Waals surface area (Å²) < 4.78 is 5.08. The van der Waals surface area contributed by atoms with Crippen LogP contribution in [0.25, 0.3) is 0 Å². The fourth-order valence-electron chi connectivity index (χ4n) is 2.24. The van der Waals surface area contributed by atoms with E-state index in [9.17, 15) is 4.79 Å². The molecule has 0 aromatic rings. The highest BCUT2D eigenvalue weighted by atomic mass is 16.5. The number of carbonyl (C=O) groups excluding carboxylic acids is 1. The maximum Gasteiger partial charge on any atom is 0.231 e. The molecule has 1 rings (SSSR count). The Balaban J connectivity index is 2.49. The van der Waals surface area contributed by atoms with Gasteiger partial charge in [-0.15, -0.1) is 0 Å². The summed E-state index contributed by atoms with van der Waals surface area (Å²) in [6.07, 6.45) is 3.19. The van der Waals surface area contributed by atoms with Gasteiger partial charge in [-0.05, 0) is 30.6 Å². The predicted molar refractivity (Wildman–Crippen MR) is 72.9 cm³/mol. The highest BCUT2D eigenvalue weighted by Crippen LogP contribution is 2.48. The molecule has 6 nitrogen and oxygen atoms in total. The maximum absolute atomic E-state index is 12.1. The van der Waals surface area contributed by atoms with E-state index < -0.39 is 5.92 Å². The number of carbonyl (C=O) groups is 1. The summed E-state index contributed by atoms with van der Waals surface area (Å²) in [6.45, 7) is 5.10. The fourth-order valence-corrected chi connectivity index (χ4v) is 2.24. The van der Waals surface area contributed by atoms with Crippen LogP contribution in [0.4, 0.5) is 0 Å². The summed E-state index contributed by atoms with van der Waals surface area (Å²) in [5.41, 5.74) is 5.77. The van der Waals surface area contributed by atoms with Gasteiger partial charge in [-0.1, -0.05) is 19.0 Å². The lowest BCUT2D eigenvalue weighted by Gasteiger charge is -2.21. The summed E-state index contributed by atoms with van der Waals surface area (Å²) in [4.78, 5) is 12.1. The number of amides is 1. The maximum atomic E-state index is 12.1. The third-order valence-corrected chi connectivity index (χ3v) is 3.81. The minimum atomic E-state index is -0.580. The third kappa shape index (κ3) is 4.38. The van der Waals surface area contributed by atoms with Gasteiger partial charge in [-0.2, -0.15) is 0 Å². The summed E-state index contributed by atoms with van der Waals surface area (Å²) >= 11 is 0. The van der Waals surface area contributed by atoms with Crippen molar-refractivity contribution >= 4 is 11.7 Å². The number of nitrogens with zero attached hydrogens (tertiary/aromatic N) is 1. The van der Waals surface area contributed by atoms with E-state index >= 15 is 0 Å². The van der Waals surface area contributed by atoms with Crippen LogP contribution in [-0.2, 0) is 9.53 Å². The zero-order valence-corrected chi connectivity index (χ0v) is 12.0. The number of rotatable bonds is 8. The highest BCUT2D eigenvalue weighted by molar-refractivity contribution is 6.02. The van der Waals surface area contributed by atoms with Gasteiger partial charge in [-0.3, -0.25) is 4.79 Å². The smallest absolute Gasteiger partial charge is 0.231 e. The normalized spacial score (nSPS) is 19.3. The van der Waals surface area contributed by atoms with E-state index in [2.05, 4.69) is 10.5 Å². The van der Waals surface area contributed by atoms with E-state index in [0.717, 1.165) is 19.3 Å². The van der Waals surface area contributed by atoms with Gasteiger partial charge in [0.1, 0.15) is 5.92 Å². The Labute approximate surface area is 114 Å². The summed E-state index contributed by atoms with van der Waals surface area (Å²) in [7, 11) is 1.68. The Hall–Kier alpha value is -1.30. The average molecular weight is 271 g/mol. The molecule has 1 unspecified atom stereocenters. The molecule has 6 heteroatoms. The van der Waals surface area contributed by atoms with Gasteiger partial charge in [-0.25, -0.2) is 0 Å². The van der Waals surface area contributed by atoms with Gasteiger partial charge in [0, 0.05) is 20.3 Å². The molecule has 0 bridgehead atoms. The average Bonchev–Trinajstić information content (AvgIpc) is 3.14. The molecule has 0 aliphatic heterocycles. The Morgan fingerprint density at radius 3 is 2.58 bits per heavy atom. The van der Waals surface area contributed by atoms with Crippen molar-refractivity contribution in [1.29, 1.82) is 0 Å². The van der Waals surface area contributed by atoms with Crippen molar-refractivity contribution in [1.82, 2.24) is 5.32 Å². The number of methoxy groups -OCH3 is 1. The monoisotopic (exact) mass is 271 g/mol. The Bertz CT molecular complexity index is 338. The second-order valence-electron chi connectivity index (χ2n) is 5.71. The fraction of sp³-hybridized carbons (Fsp3) is 0.846. The molecule has 1 saturated carbocycles. The minimum absolute atomic E-state index is 0.00923. The number of hydrogen-bond donors (Lipinski definition) is 3. The first-order valence-corrected chi connectivity index (χ1v) is 6.70. The number of amidine groups is 1. The largest absolute Gasteiger partial charge is 0.409 e. The minimum Gasteiger partial charge on any atom is -0.409 e. The summed E-state index contributed by atoms with van der Waals surface area (Å²) in [6, 6.07) is 0. The van der Waals surface area contributed by atoms with Crippen molar-refractivity contribution in [3.05, 3.63) is 0 Å². The topological polar surface area (TPSA) is 96.9 Å². The van der Waals surface area contributed by atoms with E-state index in [-0.39, 0.29) is 23.1 Å². The first-order valence-electron chi connectivity index (χ1n) is 6.70. The quantitative estimate of drug-likeness (QED) is 0.265. The molecule has 0 radical (unpaired) electrons. The Morgan fingerprint density at radius 2 is 2.16 bits per heavy atom. The van der Waals surface area contributed by atoms with E-state index in [1.54, 1.807) is 7.11 Å². The van der Waals surface area contributed by atoms with Crippen LogP contribution in [0, 0.1) is 17.3 Å². The lowest BCUT2D eigenvalue weighted by molar-refractivity contribution is -0.124. The van der Waals surface area contributed by atoms with Crippen LogP contribution < -0.4 is 11.1 Å². The highest BCUT2D eigenvalue weighted by Gasteiger charge is 2.42. The van der Waals surface area contributed by atoms with Crippen molar-refractivity contribution in [3.63, 3.8) is 0 Å². The molecule has 110 valence electrons. The van der Waals surface area contributed by atoms with Crippen LogP contribution in [0.2, 0.25) is 0 Å². The molecule has 1 fully saturated rings. The molecular formula is C13H25N3O3. The number of hydrogen-bond acceptors (Lipinski definition) is 4. The van der Waals surface area contributed by atoms with Crippen LogP contribution in [-0.4, -0.2) is 37.2 Å². The van der Waals surface area contributed by atoms with Crippen LogP contribution in [0.5, 0.6) is 0 Å². The number of nitrogens with two attached hydrogens (primary N) is 1. The molecular weight excluding hydrogens is 246 g/mol. The first-order chi connectivity index (χ1) is 8.95. The Morgan fingerprint density at radius 1 is 1.53 bits per heavy atom. The van der Waals surface area contributed by atoms with Gasteiger partial charge in [0.2, 0.25) is 5.91 Å². The molecule has 0 spiro atoms. The van der Waals surface area contributed by atoms with Crippen LogP contribution in [0.3, 0.4) is 0 Å². The van der Waals surface area contributed by atoms with Crippen LogP contribution in [0.1, 0.15) is 33.1 Å². The van der Waals surface area contributed by atoms with Crippen molar-refractivity contribution in [2.75, 3.05) is 20.3 Å². The molecule has 1 aliphatic carbocycles. The van der Waals surface area contributed by atoms with Crippen molar-refractivity contribution in [2.24, 2.45) is 28.1 Å². The summed E-state index contributed by atoms with van der Waals surface area (Å²) in [5, 5.41) is 14.6. The van der Waals surface area contributed by atoms with Crippen molar-refractivity contribution in [2.45, 2.75) is 33.1 Å². The predicted octanol–water partition coefficient (Wildman–Crippen LogP) is 0.938. The molecule has 19 heavy (non-hydrogen) atoms. The van der Waals surface area contributed by atoms with E-state index in [1.807, 2.05) is 13.8 Å². The third-order valence-electron chi connectivity index (χ3n) is 3.81. The standard InChI is InChI=1S/C13H25N3O3/c1-9(2)10(11(14)16-18)12(17)15-8-13(4-5-13)6-7-19-3/h9-10,18H,4-8H2,1-3H3,(H2,14,16)(H,15,17). The molecule has 0 aromatic heterocycles. The van der Waals surface area contributed by atoms with Gasteiger partial charge in [0.25, 0.3) is 0 Å². The van der Waals surface area contributed by atoms with E-state index in [0.29, 0.717) is 13.2 Å². The van der Waals surface area contributed by atoms with Crippen molar-refractivity contribution in [3.8, 4) is 0 Å². The molecule has 4 N–H and O–H groups in total. The number of ether oxygens (including phenoxy) is 1.